The number of hydrogen-bond donors (Lipinski definition) is 2. The Labute approximate surface area is 134 Å². The Balaban J connectivity index is 0.00000161. The van der Waals surface area contributed by atoms with Gasteiger partial charge in [-0.25, -0.2) is 4.39 Å². The highest BCUT2D eigenvalue weighted by Crippen LogP contribution is 2.26. The second-order valence-electron chi connectivity index (χ2n) is 5.54. The summed E-state index contributed by atoms with van der Waals surface area (Å²) < 4.78 is 12.9. The molecule has 116 valence electrons. The van der Waals surface area contributed by atoms with E-state index in [1.807, 2.05) is 0 Å². The van der Waals surface area contributed by atoms with Crippen LogP contribution >= 0.6 is 24.0 Å². The van der Waals surface area contributed by atoms with E-state index in [0.717, 1.165) is 26.2 Å². The molecular formula is C14H18Cl2FN3O. The molecular weight excluding hydrogens is 316 g/mol. The van der Waals surface area contributed by atoms with Gasteiger partial charge in [0.1, 0.15) is 5.82 Å². The molecule has 3 rings (SSSR count). The number of hydrogen-bond acceptors (Lipinski definition) is 3. The first-order chi connectivity index (χ1) is 9.61. The molecule has 2 aliphatic heterocycles. The minimum absolute atomic E-state index is 0. The molecule has 0 aromatic heterocycles. The van der Waals surface area contributed by atoms with Gasteiger partial charge in [-0.15, -0.1) is 12.4 Å². The summed E-state index contributed by atoms with van der Waals surface area (Å²) in [5.74, 6) is 0.814. The van der Waals surface area contributed by atoms with Crippen molar-refractivity contribution in [3.63, 3.8) is 0 Å². The molecule has 2 aliphatic rings. The summed E-state index contributed by atoms with van der Waals surface area (Å²) in [6.45, 7) is 4.38. The highest BCUT2D eigenvalue weighted by atomic mass is 35.5. The van der Waals surface area contributed by atoms with Gasteiger partial charge in [0.05, 0.1) is 17.3 Å². The number of carbonyl (C=O) groups excluding carboxylic acids is 1. The molecule has 0 saturated carbocycles. The number of nitrogens with zero attached hydrogens (tertiary/aromatic N) is 1. The molecule has 2 fully saturated rings. The van der Waals surface area contributed by atoms with Crippen molar-refractivity contribution in [2.24, 2.45) is 11.8 Å². The summed E-state index contributed by atoms with van der Waals surface area (Å²) in [5, 5.41) is 6.33. The van der Waals surface area contributed by atoms with E-state index in [1.165, 1.54) is 18.2 Å². The molecule has 2 N–H and O–H groups in total. The number of likely N-dealkylation sites (tertiary alicyclic amines) is 1. The predicted octanol–water partition coefficient (Wildman–Crippen LogP) is 1.99. The fourth-order valence-corrected chi connectivity index (χ4v) is 3.28. The Morgan fingerprint density at radius 3 is 2.67 bits per heavy atom. The Morgan fingerprint density at radius 2 is 2.05 bits per heavy atom. The molecule has 2 atom stereocenters. The van der Waals surface area contributed by atoms with Crippen LogP contribution in [0.3, 0.4) is 0 Å². The second kappa shape index (κ2) is 6.92. The maximum atomic E-state index is 12.9. The molecule has 1 aromatic rings. The Bertz CT molecular complexity index is 517. The van der Waals surface area contributed by atoms with Crippen molar-refractivity contribution in [3.05, 3.63) is 29.0 Å². The lowest BCUT2D eigenvalue weighted by molar-refractivity contribution is -0.117. The van der Waals surface area contributed by atoms with E-state index < -0.39 is 5.82 Å². The summed E-state index contributed by atoms with van der Waals surface area (Å²) in [6.07, 6.45) is 0. The largest absolute Gasteiger partial charge is 0.324 e. The average Bonchev–Trinajstić information content (AvgIpc) is 2.93. The van der Waals surface area contributed by atoms with Crippen LogP contribution in [0, 0.1) is 17.7 Å². The van der Waals surface area contributed by atoms with Gasteiger partial charge in [-0.3, -0.25) is 9.69 Å². The summed E-state index contributed by atoms with van der Waals surface area (Å²) >= 11 is 5.89. The van der Waals surface area contributed by atoms with Crippen molar-refractivity contribution in [2.45, 2.75) is 0 Å². The van der Waals surface area contributed by atoms with Crippen LogP contribution in [0.4, 0.5) is 10.1 Å². The van der Waals surface area contributed by atoms with Crippen LogP contribution in [-0.2, 0) is 4.79 Å². The molecule has 21 heavy (non-hydrogen) atoms. The lowest BCUT2D eigenvalue weighted by atomic mass is 10.0. The van der Waals surface area contributed by atoms with Gasteiger partial charge < -0.3 is 10.6 Å². The van der Waals surface area contributed by atoms with Gasteiger partial charge in [0.25, 0.3) is 0 Å². The lowest BCUT2D eigenvalue weighted by Crippen LogP contribution is -2.33. The number of halogens is 3. The van der Waals surface area contributed by atoms with E-state index in [2.05, 4.69) is 15.5 Å². The second-order valence-corrected chi connectivity index (χ2v) is 5.95. The van der Waals surface area contributed by atoms with E-state index in [1.54, 1.807) is 0 Å². The van der Waals surface area contributed by atoms with Crippen LogP contribution in [0.15, 0.2) is 18.2 Å². The van der Waals surface area contributed by atoms with Gasteiger partial charge in [-0.2, -0.15) is 0 Å². The molecule has 0 spiro atoms. The van der Waals surface area contributed by atoms with Crippen molar-refractivity contribution in [2.75, 3.05) is 38.0 Å². The van der Waals surface area contributed by atoms with Crippen molar-refractivity contribution in [1.29, 1.82) is 0 Å². The number of anilines is 1. The Kier molecular flexibility index (Phi) is 5.43. The number of nitrogens with one attached hydrogen (secondary N) is 2. The number of rotatable bonds is 3. The van der Waals surface area contributed by atoms with Gasteiger partial charge in [0.2, 0.25) is 5.91 Å². The summed E-state index contributed by atoms with van der Waals surface area (Å²) in [7, 11) is 0. The monoisotopic (exact) mass is 333 g/mol. The van der Waals surface area contributed by atoms with Crippen molar-refractivity contribution >= 4 is 35.6 Å². The topological polar surface area (TPSA) is 44.4 Å². The van der Waals surface area contributed by atoms with Crippen LogP contribution in [-0.4, -0.2) is 43.5 Å². The minimum Gasteiger partial charge on any atom is -0.324 e. The van der Waals surface area contributed by atoms with E-state index in [9.17, 15) is 9.18 Å². The molecule has 1 amide bonds. The van der Waals surface area contributed by atoms with Gasteiger partial charge in [0, 0.05) is 13.1 Å². The fraction of sp³-hybridized carbons (Fsp3) is 0.500. The van der Waals surface area contributed by atoms with Gasteiger partial charge in [0.15, 0.2) is 0 Å². The summed E-state index contributed by atoms with van der Waals surface area (Å²) in [5.41, 5.74) is 0.458. The van der Waals surface area contributed by atoms with Crippen LogP contribution in [0.25, 0.3) is 0 Å². The SMILES string of the molecule is Cl.O=C(CN1C[C@H]2CNC[C@H]2C1)Nc1ccc(F)cc1Cl. The van der Waals surface area contributed by atoms with E-state index in [0.29, 0.717) is 24.1 Å². The predicted molar refractivity (Wildman–Crippen MR) is 83.6 cm³/mol. The molecule has 0 bridgehead atoms. The smallest absolute Gasteiger partial charge is 0.238 e. The molecule has 4 nitrogen and oxygen atoms in total. The average molecular weight is 334 g/mol. The van der Waals surface area contributed by atoms with E-state index in [-0.39, 0.29) is 23.3 Å². The molecule has 7 heteroatoms. The Morgan fingerprint density at radius 1 is 1.38 bits per heavy atom. The third-order valence-electron chi connectivity index (χ3n) is 4.04. The first-order valence-corrected chi connectivity index (χ1v) is 7.17. The molecule has 0 aliphatic carbocycles. The molecule has 1 aromatic carbocycles. The molecule has 2 heterocycles. The third kappa shape index (κ3) is 3.86. The lowest BCUT2D eigenvalue weighted by Gasteiger charge is -2.16. The highest BCUT2D eigenvalue weighted by molar-refractivity contribution is 6.33. The van der Waals surface area contributed by atoms with Gasteiger partial charge in [-0.05, 0) is 43.1 Å². The number of carbonyl (C=O) groups is 1. The quantitative estimate of drug-likeness (QED) is 0.889. The van der Waals surface area contributed by atoms with Crippen molar-refractivity contribution in [1.82, 2.24) is 10.2 Å². The molecule has 2 saturated heterocycles. The molecule has 0 radical (unpaired) electrons. The maximum absolute atomic E-state index is 12.9. The van der Waals surface area contributed by atoms with Crippen molar-refractivity contribution in [3.8, 4) is 0 Å². The molecule has 0 unspecified atom stereocenters. The Hall–Kier alpha value is -0.880. The number of benzene rings is 1. The number of fused-ring (bicyclic) bond motifs is 1. The highest BCUT2D eigenvalue weighted by Gasteiger charge is 2.36. The summed E-state index contributed by atoms with van der Waals surface area (Å²) in [4.78, 5) is 14.2. The van der Waals surface area contributed by atoms with Gasteiger partial charge in [-0.1, -0.05) is 11.6 Å². The zero-order valence-corrected chi connectivity index (χ0v) is 13.0. The normalized spacial score (nSPS) is 24.5. The first kappa shape index (κ1) is 16.5. The van der Waals surface area contributed by atoms with Crippen LogP contribution < -0.4 is 10.6 Å². The van der Waals surface area contributed by atoms with Crippen LogP contribution in [0.1, 0.15) is 0 Å². The zero-order chi connectivity index (χ0) is 14.1. The van der Waals surface area contributed by atoms with Gasteiger partial charge >= 0.3 is 0 Å². The van der Waals surface area contributed by atoms with Crippen LogP contribution in [0.2, 0.25) is 5.02 Å². The van der Waals surface area contributed by atoms with E-state index in [4.69, 9.17) is 11.6 Å². The van der Waals surface area contributed by atoms with E-state index >= 15 is 0 Å². The minimum atomic E-state index is -0.409. The maximum Gasteiger partial charge on any atom is 0.238 e. The third-order valence-corrected chi connectivity index (χ3v) is 4.35. The number of amides is 1. The zero-order valence-electron chi connectivity index (χ0n) is 11.4. The fourth-order valence-electron chi connectivity index (χ4n) is 3.07. The summed E-state index contributed by atoms with van der Waals surface area (Å²) in [6, 6.07) is 3.97. The standard InChI is InChI=1S/C14H17ClFN3O.ClH/c15-12-3-11(16)1-2-13(12)18-14(20)8-19-6-9-4-17-5-10(9)7-19;/h1-3,9-10,17H,4-8H2,(H,18,20);1H/t9-,10+;. The van der Waals surface area contributed by atoms with Crippen molar-refractivity contribution < 1.29 is 9.18 Å². The van der Waals surface area contributed by atoms with Crippen LogP contribution in [0.5, 0.6) is 0 Å². The first-order valence-electron chi connectivity index (χ1n) is 6.80.